The Balaban J connectivity index is 2.74. The minimum Gasteiger partial charge on any atom is -0.491 e. The largest absolute Gasteiger partial charge is 0.491 e. The van der Waals surface area contributed by atoms with E-state index in [0.29, 0.717) is 29.1 Å². The number of hydrogen-bond donors (Lipinski definition) is 3. The van der Waals surface area contributed by atoms with Crippen LogP contribution in [-0.4, -0.2) is 26.8 Å². The van der Waals surface area contributed by atoms with E-state index in [-0.39, 0.29) is 0 Å². The maximum Gasteiger partial charge on any atom is 0.276 e. The van der Waals surface area contributed by atoms with Crippen molar-refractivity contribution in [3.05, 3.63) is 12.1 Å². The highest BCUT2D eigenvalue weighted by Crippen LogP contribution is 2.30. The molecule has 84 valence electrons. The van der Waals surface area contributed by atoms with Gasteiger partial charge in [-0.3, -0.25) is 0 Å². The molecule has 0 unspecified atom stereocenters. The smallest absolute Gasteiger partial charge is 0.276 e. The second kappa shape index (κ2) is 3.73. The first kappa shape index (κ1) is 10.3. The van der Waals surface area contributed by atoms with Crippen LogP contribution in [0.4, 0.5) is 5.69 Å². The average molecular weight is 221 g/mol. The molecule has 0 aliphatic rings. The summed E-state index contributed by atoms with van der Waals surface area (Å²) in [6.45, 7) is 2.27. The topological polar surface area (TPSA) is 101 Å². The van der Waals surface area contributed by atoms with Crippen LogP contribution in [0, 0.1) is 0 Å². The van der Waals surface area contributed by atoms with Crippen molar-refractivity contribution in [1.29, 1.82) is 0 Å². The molecule has 2 rings (SSSR count). The number of fused-ring (bicyclic) bond motifs is 1. The normalized spacial score (nSPS) is 10.6. The van der Waals surface area contributed by atoms with Crippen LogP contribution in [0.25, 0.3) is 11.0 Å². The van der Waals surface area contributed by atoms with Crippen LogP contribution in [0.1, 0.15) is 6.92 Å². The van der Waals surface area contributed by atoms with E-state index < -0.39 is 11.8 Å². The molecule has 0 bridgehead atoms. The number of nitrogens with two attached hydrogens (primary N) is 1. The molecule has 0 atom stereocenters. The van der Waals surface area contributed by atoms with E-state index in [1.807, 2.05) is 6.92 Å². The van der Waals surface area contributed by atoms with E-state index in [4.69, 9.17) is 10.5 Å². The van der Waals surface area contributed by atoms with Crippen molar-refractivity contribution in [2.75, 3.05) is 12.3 Å². The quantitative estimate of drug-likeness (QED) is 0.654. The monoisotopic (exact) mass is 221 g/mol. The number of aromatic nitrogens is 2. The van der Waals surface area contributed by atoms with Gasteiger partial charge in [0, 0.05) is 11.8 Å². The minimum atomic E-state index is -0.529. The average Bonchev–Trinajstić information content (AvgIpc) is 2.21. The Labute approximate surface area is 91.3 Å². The minimum absolute atomic E-state index is 0.367. The predicted molar refractivity (Wildman–Crippen MR) is 58.4 cm³/mol. The molecule has 1 aromatic carbocycles. The van der Waals surface area contributed by atoms with Crippen LogP contribution in [0.3, 0.4) is 0 Å². The molecule has 6 heteroatoms. The summed E-state index contributed by atoms with van der Waals surface area (Å²) in [7, 11) is 0. The summed E-state index contributed by atoms with van der Waals surface area (Å²) in [6, 6.07) is 3.14. The molecule has 0 radical (unpaired) electrons. The van der Waals surface area contributed by atoms with Gasteiger partial charge in [0.05, 0.1) is 12.1 Å². The van der Waals surface area contributed by atoms with Crippen molar-refractivity contribution in [1.82, 2.24) is 9.97 Å². The third-order valence-electron chi connectivity index (χ3n) is 2.02. The SMILES string of the molecule is CCOc1cc(N)cc2nc(O)c(O)nc12. The van der Waals surface area contributed by atoms with Crippen molar-refractivity contribution >= 4 is 16.7 Å². The number of anilines is 1. The lowest BCUT2D eigenvalue weighted by molar-refractivity contribution is 0.342. The van der Waals surface area contributed by atoms with Crippen LogP contribution >= 0.6 is 0 Å². The van der Waals surface area contributed by atoms with Gasteiger partial charge in [-0.1, -0.05) is 0 Å². The number of rotatable bonds is 2. The highest BCUT2D eigenvalue weighted by Gasteiger charge is 2.11. The Bertz CT molecular complexity index is 542. The molecule has 2 aromatic rings. The van der Waals surface area contributed by atoms with Crippen LogP contribution in [-0.2, 0) is 0 Å². The second-order valence-corrected chi connectivity index (χ2v) is 3.19. The summed E-state index contributed by atoms with van der Waals surface area (Å²) < 4.78 is 5.32. The van der Waals surface area contributed by atoms with Crippen molar-refractivity contribution in [3.8, 4) is 17.5 Å². The standard InChI is InChI=1S/C10H11N3O3/c1-2-16-7-4-5(11)3-6-8(7)13-10(15)9(14)12-6/h3-4H,2,11H2,1H3,(H,12,14)(H,13,15). The summed E-state index contributed by atoms with van der Waals surface area (Å²) in [5.41, 5.74) is 6.85. The number of nitrogens with zero attached hydrogens (tertiary/aromatic N) is 2. The van der Waals surface area contributed by atoms with E-state index in [2.05, 4.69) is 9.97 Å². The summed E-state index contributed by atoms with van der Waals surface area (Å²) in [5, 5.41) is 18.5. The van der Waals surface area contributed by atoms with Gasteiger partial charge in [-0.05, 0) is 13.0 Å². The molecular formula is C10H11N3O3. The van der Waals surface area contributed by atoms with Crippen LogP contribution < -0.4 is 10.5 Å². The van der Waals surface area contributed by atoms with Gasteiger partial charge in [0.15, 0.2) is 0 Å². The van der Waals surface area contributed by atoms with Crippen LogP contribution in [0.5, 0.6) is 17.5 Å². The fraction of sp³-hybridized carbons (Fsp3) is 0.200. The second-order valence-electron chi connectivity index (χ2n) is 3.19. The number of hydrogen-bond acceptors (Lipinski definition) is 6. The molecule has 6 nitrogen and oxygen atoms in total. The van der Waals surface area contributed by atoms with Gasteiger partial charge in [-0.15, -0.1) is 0 Å². The zero-order chi connectivity index (χ0) is 11.7. The van der Waals surface area contributed by atoms with Gasteiger partial charge in [-0.2, -0.15) is 0 Å². The molecule has 0 amide bonds. The maximum absolute atomic E-state index is 9.27. The summed E-state index contributed by atoms with van der Waals surface area (Å²) in [4.78, 5) is 7.56. The maximum atomic E-state index is 9.27. The Hall–Kier alpha value is -2.24. The molecule has 0 aliphatic heterocycles. The number of nitrogen functional groups attached to an aromatic ring is 1. The molecular weight excluding hydrogens is 210 g/mol. The molecule has 0 saturated carbocycles. The fourth-order valence-electron chi connectivity index (χ4n) is 1.40. The van der Waals surface area contributed by atoms with Crippen molar-refractivity contribution in [3.63, 3.8) is 0 Å². The molecule has 16 heavy (non-hydrogen) atoms. The lowest BCUT2D eigenvalue weighted by Gasteiger charge is -2.08. The first-order valence-electron chi connectivity index (χ1n) is 4.73. The Morgan fingerprint density at radius 2 is 1.94 bits per heavy atom. The van der Waals surface area contributed by atoms with Crippen molar-refractivity contribution in [2.24, 2.45) is 0 Å². The van der Waals surface area contributed by atoms with Crippen molar-refractivity contribution in [2.45, 2.75) is 6.92 Å². The first-order valence-corrected chi connectivity index (χ1v) is 4.73. The van der Waals surface area contributed by atoms with Gasteiger partial charge in [0.2, 0.25) is 0 Å². The van der Waals surface area contributed by atoms with E-state index >= 15 is 0 Å². The highest BCUT2D eigenvalue weighted by atomic mass is 16.5. The van der Waals surface area contributed by atoms with Gasteiger partial charge >= 0.3 is 0 Å². The molecule has 1 aromatic heterocycles. The Morgan fingerprint density at radius 3 is 2.62 bits per heavy atom. The van der Waals surface area contributed by atoms with Gasteiger partial charge in [-0.25, -0.2) is 9.97 Å². The zero-order valence-electron chi connectivity index (χ0n) is 8.64. The fourth-order valence-corrected chi connectivity index (χ4v) is 1.40. The van der Waals surface area contributed by atoms with Gasteiger partial charge in [0.25, 0.3) is 11.8 Å². The first-order chi connectivity index (χ1) is 7.61. The van der Waals surface area contributed by atoms with Crippen molar-refractivity contribution < 1.29 is 14.9 Å². The number of ether oxygens (including phenoxy) is 1. The summed E-state index contributed by atoms with van der Waals surface area (Å²) in [6.07, 6.45) is 0. The third-order valence-corrected chi connectivity index (χ3v) is 2.02. The van der Waals surface area contributed by atoms with Crippen LogP contribution in [0.2, 0.25) is 0 Å². The predicted octanol–water partition coefficient (Wildman–Crippen LogP) is 1.02. The van der Waals surface area contributed by atoms with E-state index in [1.165, 1.54) is 0 Å². The van der Waals surface area contributed by atoms with E-state index in [0.717, 1.165) is 0 Å². The Kier molecular flexibility index (Phi) is 2.40. The third kappa shape index (κ3) is 1.65. The molecule has 4 N–H and O–H groups in total. The van der Waals surface area contributed by atoms with E-state index in [1.54, 1.807) is 12.1 Å². The highest BCUT2D eigenvalue weighted by molar-refractivity contribution is 5.85. The summed E-state index contributed by atoms with van der Waals surface area (Å²) >= 11 is 0. The van der Waals surface area contributed by atoms with Gasteiger partial charge in [0.1, 0.15) is 11.3 Å². The molecule has 1 heterocycles. The molecule has 0 aliphatic carbocycles. The molecule has 0 saturated heterocycles. The van der Waals surface area contributed by atoms with Gasteiger partial charge < -0.3 is 20.7 Å². The molecule has 0 spiro atoms. The summed E-state index contributed by atoms with van der Waals surface area (Å²) in [5.74, 6) is -0.626. The Morgan fingerprint density at radius 1 is 1.25 bits per heavy atom. The van der Waals surface area contributed by atoms with Crippen LogP contribution in [0.15, 0.2) is 12.1 Å². The number of aromatic hydroxyl groups is 2. The zero-order valence-corrected chi connectivity index (χ0v) is 8.64. The molecule has 0 fully saturated rings. The van der Waals surface area contributed by atoms with E-state index in [9.17, 15) is 10.2 Å². The number of benzene rings is 1. The lowest BCUT2D eigenvalue weighted by atomic mass is 10.2. The lowest BCUT2D eigenvalue weighted by Crippen LogP contribution is -1.97.